The van der Waals surface area contributed by atoms with Crippen molar-refractivity contribution in [3.63, 3.8) is 0 Å². The molecule has 0 radical (unpaired) electrons. The van der Waals surface area contributed by atoms with Gasteiger partial charge in [0.2, 0.25) is 5.95 Å². The number of hydrogen-bond donors (Lipinski definition) is 2. The largest absolute Gasteiger partial charge is 0.289 e. The van der Waals surface area contributed by atoms with Crippen LogP contribution in [-0.2, 0) is 0 Å². The minimum atomic E-state index is -0.330. The molecule has 0 unspecified atom stereocenters. The second-order valence-corrected chi connectivity index (χ2v) is 6.01. The number of carbonyl (C=O) groups excluding carboxylic acids is 1. The third-order valence-corrected chi connectivity index (χ3v) is 3.97. The van der Waals surface area contributed by atoms with Crippen LogP contribution in [0.4, 0.5) is 5.95 Å². The van der Waals surface area contributed by atoms with E-state index in [4.69, 9.17) is 0 Å². The molecular weight excluding hydrogens is 340 g/mol. The molecule has 0 fully saturated rings. The first-order valence-corrected chi connectivity index (χ1v) is 8.36. The van der Waals surface area contributed by atoms with Crippen molar-refractivity contribution in [2.75, 3.05) is 5.32 Å². The molecule has 132 valence electrons. The highest BCUT2D eigenvalue weighted by Crippen LogP contribution is 2.21. The molecule has 4 aromatic rings. The molecule has 3 heterocycles. The van der Waals surface area contributed by atoms with Gasteiger partial charge in [-0.3, -0.25) is 25.2 Å². The summed E-state index contributed by atoms with van der Waals surface area (Å²) >= 11 is 0. The lowest BCUT2D eigenvalue weighted by molar-refractivity contribution is 0.102. The van der Waals surface area contributed by atoms with Gasteiger partial charge in [-0.25, -0.2) is 0 Å². The zero-order valence-electron chi connectivity index (χ0n) is 14.5. The van der Waals surface area contributed by atoms with Crippen LogP contribution in [0.3, 0.4) is 0 Å². The second-order valence-electron chi connectivity index (χ2n) is 6.01. The second kappa shape index (κ2) is 7.17. The van der Waals surface area contributed by atoms with Gasteiger partial charge < -0.3 is 0 Å². The average molecular weight is 356 g/mol. The SMILES string of the molecule is Cc1cccc(-c2cncc(C(=O)Nc3n[nH]c(-c4ccccn4)n3)c2)c1. The number of amides is 1. The van der Waals surface area contributed by atoms with Gasteiger partial charge in [-0.15, -0.1) is 5.10 Å². The molecule has 0 aliphatic heterocycles. The Morgan fingerprint density at radius 2 is 1.96 bits per heavy atom. The Morgan fingerprint density at radius 1 is 1.04 bits per heavy atom. The zero-order valence-corrected chi connectivity index (χ0v) is 14.5. The fraction of sp³-hybridized carbons (Fsp3) is 0.0500. The number of aromatic amines is 1. The van der Waals surface area contributed by atoms with Crippen LogP contribution in [0.2, 0.25) is 0 Å². The monoisotopic (exact) mass is 356 g/mol. The van der Waals surface area contributed by atoms with Crippen molar-refractivity contribution >= 4 is 11.9 Å². The van der Waals surface area contributed by atoms with E-state index in [1.807, 2.05) is 43.3 Å². The molecule has 7 nitrogen and oxygen atoms in total. The molecule has 0 saturated heterocycles. The molecular formula is C20H16N6O. The minimum absolute atomic E-state index is 0.182. The van der Waals surface area contributed by atoms with Gasteiger partial charge in [-0.2, -0.15) is 4.98 Å². The van der Waals surface area contributed by atoms with Crippen molar-refractivity contribution in [1.29, 1.82) is 0 Å². The van der Waals surface area contributed by atoms with Crippen LogP contribution in [0.1, 0.15) is 15.9 Å². The van der Waals surface area contributed by atoms with E-state index in [-0.39, 0.29) is 11.9 Å². The maximum atomic E-state index is 12.5. The molecule has 0 saturated carbocycles. The molecule has 1 amide bonds. The molecule has 0 atom stereocenters. The van der Waals surface area contributed by atoms with Gasteiger partial charge in [0.05, 0.1) is 5.56 Å². The highest BCUT2D eigenvalue weighted by molar-refractivity contribution is 6.03. The Balaban J connectivity index is 1.54. The summed E-state index contributed by atoms with van der Waals surface area (Å²) in [5.74, 6) is 0.336. The van der Waals surface area contributed by atoms with Gasteiger partial charge in [0.25, 0.3) is 5.91 Å². The molecule has 2 N–H and O–H groups in total. The quantitative estimate of drug-likeness (QED) is 0.583. The lowest BCUT2D eigenvalue weighted by atomic mass is 10.0. The lowest BCUT2D eigenvalue weighted by Crippen LogP contribution is -2.13. The van der Waals surface area contributed by atoms with Crippen LogP contribution in [0.15, 0.2) is 67.1 Å². The van der Waals surface area contributed by atoms with Crippen molar-refractivity contribution in [2.45, 2.75) is 6.92 Å². The molecule has 0 aliphatic rings. The Morgan fingerprint density at radius 3 is 2.78 bits per heavy atom. The van der Waals surface area contributed by atoms with Crippen molar-refractivity contribution in [2.24, 2.45) is 0 Å². The molecule has 3 aromatic heterocycles. The number of rotatable bonds is 4. The van der Waals surface area contributed by atoms with E-state index in [0.717, 1.165) is 16.7 Å². The molecule has 0 aliphatic carbocycles. The summed E-state index contributed by atoms with van der Waals surface area (Å²) in [5.41, 5.74) is 4.10. The average Bonchev–Trinajstić information content (AvgIpc) is 3.17. The molecule has 7 heteroatoms. The summed E-state index contributed by atoms with van der Waals surface area (Å²) in [6, 6.07) is 15.3. The van der Waals surface area contributed by atoms with E-state index in [9.17, 15) is 4.79 Å². The van der Waals surface area contributed by atoms with Crippen LogP contribution in [-0.4, -0.2) is 31.1 Å². The standard InChI is InChI=1S/C20H16N6O/c1-13-5-4-6-14(9-13)15-10-16(12-21-11-15)19(27)24-20-23-18(25-26-20)17-7-2-3-8-22-17/h2-12H,1H3,(H2,23,24,25,26,27). The number of aromatic nitrogens is 5. The van der Waals surface area contributed by atoms with Crippen LogP contribution < -0.4 is 5.32 Å². The predicted molar refractivity (Wildman–Crippen MR) is 102 cm³/mol. The lowest BCUT2D eigenvalue weighted by Gasteiger charge is -2.05. The van der Waals surface area contributed by atoms with Crippen molar-refractivity contribution < 1.29 is 4.79 Å². The van der Waals surface area contributed by atoms with Crippen LogP contribution in [0, 0.1) is 6.92 Å². The van der Waals surface area contributed by atoms with E-state index in [1.54, 1.807) is 24.5 Å². The fourth-order valence-corrected chi connectivity index (χ4v) is 2.66. The van der Waals surface area contributed by atoms with Crippen LogP contribution >= 0.6 is 0 Å². The van der Waals surface area contributed by atoms with Gasteiger partial charge >= 0.3 is 0 Å². The Bertz CT molecular complexity index is 1090. The Kier molecular flexibility index (Phi) is 4.40. The summed E-state index contributed by atoms with van der Waals surface area (Å²) in [7, 11) is 0. The van der Waals surface area contributed by atoms with Crippen LogP contribution in [0.25, 0.3) is 22.6 Å². The number of nitrogens with one attached hydrogen (secondary N) is 2. The number of benzene rings is 1. The highest BCUT2D eigenvalue weighted by Gasteiger charge is 2.12. The van der Waals surface area contributed by atoms with E-state index in [1.165, 1.54) is 6.20 Å². The summed E-state index contributed by atoms with van der Waals surface area (Å²) in [6.45, 7) is 2.02. The molecule has 1 aromatic carbocycles. The van der Waals surface area contributed by atoms with E-state index < -0.39 is 0 Å². The van der Waals surface area contributed by atoms with E-state index in [0.29, 0.717) is 17.1 Å². The van der Waals surface area contributed by atoms with Gasteiger partial charge in [0.15, 0.2) is 5.82 Å². The predicted octanol–water partition coefficient (Wildman–Crippen LogP) is 3.49. The van der Waals surface area contributed by atoms with Crippen LogP contribution in [0.5, 0.6) is 0 Å². The number of hydrogen-bond acceptors (Lipinski definition) is 5. The zero-order chi connectivity index (χ0) is 18.6. The van der Waals surface area contributed by atoms with Gasteiger partial charge in [-0.05, 0) is 30.7 Å². The summed E-state index contributed by atoms with van der Waals surface area (Å²) in [5, 5.41) is 9.47. The molecule has 27 heavy (non-hydrogen) atoms. The normalized spacial score (nSPS) is 10.6. The number of nitrogens with zero attached hydrogens (tertiary/aromatic N) is 4. The number of aryl methyl sites for hydroxylation is 1. The Hall–Kier alpha value is -3.87. The first-order chi connectivity index (χ1) is 13.2. The summed E-state index contributed by atoms with van der Waals surface area (Å²) in [4.78, 5) is 25.2. The summed E-state index contributed by atoms with van der Waals surface area (Å²) in [6.07, 6.45) is 4.91. The fourth-order valence-electron chi connectivity index (χ4n) is 2.66. The van der Waals surface area contributed by atoms with E-state index >= 15 is 0 Å². The van der Waals surface area contributed by atoms with Gasteiger partial charge in [-0.1, -0.05) is 35.9 Å². The maximum absolute atomic E-state index is 12.5. The highest BCUT2D eigenvalue weighted by atomic mass is 16.1. The number of carbonyl (C=O) groups is 1. The molecule has 0 spiro atoms. The third-order valence-electron chi connectivity index (χ3n) is 3.97. The maximum Gasteiger partial charge on any atom is 0.259 e. The van der Waals surface area contributed by atoms with Gasteiger partial charge in [0, 0.05) is 24.2 Å². The van der Waals surface area contributed by atoms with Crippen molar-refractivity contribution in [3.05, 3.63) is 78.2 Å². The molecule has 0 bridgehead atoms. The first kappa shape index (κ1) is 16.6. The van der Waals surface area contributed by atoms with Crippen molar-refractivity contribution in [1.82, 2.24) is 25.1 Å². The summed E-state index contributed by atoms with van der Waals surface area (Å²) < 4.78 is 0. The first-order valence-electron chi connectivity index (χ1n) is 8.36. The minimum Gasteiger partial charge on any atom is -0.289 e. The number of H-pyrrole nitrogens is 1. The third kappa shape index (κ3) is 3.72. The molecule has 4 rings (SSSR count). The topological polar surface area (TPSA) is 96.5 Å². The Labute approximate surface area is 155 Å². The number of pyridine rings is 2. The van der Waals surface area contributed by atoms with Crippen molar-refractivity contribution in [3.8, 4) is 22.6 Å². The smallest absolute Gasteiger partial charge is 0.259 e. The number of anilines is 1. The van der Waals surface area contributed by atoms with Gasteiger partial charge in [0.1, 0.15) is 5.69 Å². The van der Waals surface area contributed by atoms with E-state index in [2.05, 4.69) is 30.5 Å².